The molecule has 1 aromatic carbocycles. The average molecular weight is 267 g/mol. The molecule has 1 atom stereocenters. The number of aromatic nitrogens is 4. The Bertz CT molecular complexity index is 714. The number of rotatable bonds is 4. The van der Waals surface area contributed by atoms with Crippen molar-refractivity contribution in [3.8, 4) is 0 Å². The van der Waals surface area contributed by atoms with Crippen molar-refractivity contribution in [3.05, 3.63) is 54.1 Å². The molecule has 1 N–H and O–H groups in total. The van der Waals surface area contributed by atoms with E-state index < -0.39 is 0 Å². The second-order valence-corrected chi connectivity index (χ2v) is 4.84. The van der Waals surface area contributed by atoms with Crippen LogP contribution < -0.4 is 5.32 Å². The van der Waals surface area contributed by atoms with Crippen LogP contribution in [0.3, 0.4) is 0 Å². The van der Waals surface area contributed by atoms with Crippen LogP contribution in [0.1, 0.15) is 17.2 Å². The van der Waals surface area contributed by atoms with Gasteiger partial charge in [0.1, 0.15) is 0 Å². The SMILES string of the molecule is CNC(Cc1cnn(C)c1)c1cccc2nccnc12. The largest absolute Gasteiger partial charge is 0.313 e. The van der Waals surface area contributed by atoms with Gasteiger partial charge in [-0.2, -0.15) is 5.10 Å². The molecular formula is C15H17N5. The van der Waals surface area contributed by atoms with Crippen LogP contribution in [0.5, 0.6) is 0 Å². The predicted octanol–water partition coefficient (Wildman–Crippen LogP) is 1.87. The van der Waals surface area contributed by atoms with Gasteiger partial charge < -0.3 is 5.32 Å². The normalized spacial score (nSPS) is 12.7. The van der Waals surface area contributed by atoms with Gasteiger partial charge >= 0.3 is 0 Å². The first-order chi connectivity index (χ1) is 9.78. The maximum absolute atomic E-state index is 4.47. The van der Waals surface area contributed by atoms with Gasteiger partial charge in [-0.05, 0) is 30.7 Å². The number of benzene rings is 1. The van der Waals surface area contributed by atoms with Gasteiger partial charge in [-0.15, -0.1) is 0 Å². The summed E-state index contributed by atoms with van der Waals surface area (Å²) >= 11 is 0. The van der Waals surface area contributed by atoms with Gasteiger partial charge in [0, 0.05) is 31.7 Å². The van der Waals surface area contributed by atoms with Crippen molar-refractivity contribution >= 4 is 11.0 Å². The van der Waals surface area contributed by atoms with Crippen LogP contribution in [-0.2, 0) is 13.5 Å². The van der Waals surface area contributed by atoms with E-state index in [4.69, 9.17) is 0 Å². The van der Waals surface area contributed by atoms with E-state index in [0.717, 1.165) is 17.5 Å². The molecular weight excluding hydrogens is 250 g/mol. The molecule has 0 spiro atoms. The lowest BCUT2D eigenvalue weighted by atomic mass is 9.99. The minimum Gasteiger partial charge on any atom is -0.313 e. The minimum atomic E-state index is 0.194. The van der Waals surface area contributed by atoms with Crippen LogP contribution in [0, 0.1) is 0 Å². The number of nitrogens with one attached hydrogen (secondary N) is 1. The maximum atomic E-state index is 4.47. The molecule has 2 heterocycles. The summed E-state index contributed by atoms with van der Waals surface area (Å²) in [5, 5.41) is 7.58. The molecule has 1 unspecified atom stereocenters. The number of hydrogen-bond donors (Lipinski definition) is 1. The van der Waals surface area contributed by atoms with E-state index in [-0.39, 0.29) is 6.04 Å². The third-order valence-electron chi connectivity index (χ3n) is 3.45. The second-order valence-electron chi connectivity index (χ2n) is 4.84. The van der Waals surface area contributed by atoms with E-state index in [2.05, 4.69) is 26.4 Å². The lowest BCUT2D eigenvalue weighted by molar-refractivity contribution is 0.595. The number of nitrogens with zero attached hydrogens (tertiary/aromatic N) is 4. The van der Waals surface area contributed by atoms with E-state index >= 15 is 0 Å². The first kappa shape index (κ1) is 12.7. The summed E-state index contributed by atoms with van der Waals surface area (Å²) in [6, 6.07) is 6.32. The summed E-state index contributed by atoms with van der Waals surface area (Å²) in [6.45, 7) is 0. The summed E-state index contributed by atoms with van der Waals surface area (Å²) in [4.78, 5) is 8.84. The fourth-order valence-corrected chi connectivity index (χ4v) is 2.48. The molecule has 3 rings (SSSR count). The molecule has 0 saturated heterocycles. The Balaban J connectivity index is 1.98. The van der Waals surface area contributed by atoms with Crippen molar-refractivity contribution in [2.45, 2.75) is 12.5 Å². The average Bonchev–Trinajstić information content (AvgIpc) is 2.89. The Labute approximate surface area is 117 Å². The Morgan fingerprint density at radius 2 is 2.10 bits per heavy atom. The highest BCUT2D eigenvalue weighted by Gasteiger charge is 2.15. The number of aryl methyl sites for hydroxylation is 1. The van der Waals surface area contributed by atoms with Crippen molar-refractivity contribution in [2.24, 2.45) is 7.05 Å². The molecule has 0 amide bonds. The molecule has 0 saturated carbocycles. The molecule has 102 valence electrons. The predicted molar refractivity (Wildman–Crippen MR) is 78.3 cm³/mol. The highest BCUT2D eigenvalue weighted by atomic mass is 15.2. The van der Waals surface area contributed by atoms with E-state index in [1.54, 1.807) is 12.4 Å². The molecule has 0 aliphatic heterocycles. The zero-order chi connectivity index (χ0) is 13.9. The van der Waals surface area contributed by atoms with Gasteiger partial charge in [0.05, 0.1) is 17.2 Å². The van der Waals surface area contributed by atoms with Gasteiger partial charge in [0.2, 0.25) is 0 Å². The first-order valence-electron chi connectivity index (χ1n) is 6.62. The van der Waals surface area contributed by atoms with Gasteiger partial charge in [-0.25, -0.2) is 0 Å². The van der Waals surface area contributed by atoms with Crippen LogP contribution >= 0.6 is 0 Å². The lowest BCUT2D eigenvalue weighted by Crippen LogP contribution is -2.19. The van der Waals surface area contributed by atoms with Gasteiger partial charge in [0.25, 0.3) is 0 Å². The maximum Gasteiger partial charge on any atom is 0.0934 e. The van der Waals surface area contributed by atoms with Crippen LogP contribution in [0.4, 0.5) is 0 Å². The summed E-state index contributed by atoms with van der Waals surface area (Å²) in [7, 11) is 3.90. The van der Waals surface area contributed by atoms with E-state index in [0.29, 0.717) is 0 Å². The quantitative estimate of drug-likeness (QED) is 0.784. The van der Waals surface area contributed by atoms with Gasteiger partial charge in [-0.1, -0.05) is 12.1 Å². The molecule has 3 aromatic rings. The highest BCUT2D eigenvalue weighted by Crippen LogP contribution is 2.23. The number of para-hydroxylation sites is 1. The Kier molecular flexibility index (Phi) is 3.43. The molecule has 0 fully saturated rings. The van der Waals surface area contributed by atoms with E-state index in [9.17, 15) is 0 Å². The number of hydrogen-bond acceptors (Lipinski definition) is 4. The fraction of sp³-hybridized carbons (Fsp3) is 0.267. The minimum absolute atomic E-state index is 0.194. The van der Waals surface area contributed by atoms with Crippen molar-refractivity contribution in [2.75, 3.05) is 7.05 Å². The summed E-state index contributed by atoms with van der Waals surface area (Å²) in [5.41, 5.74) is 4.25. The molecule has 5 nitrogen and oxygen atoms in total. The molecule has 0 aliphatic carbocycles. The molecule has 20 heavy (non-hydrogen) atoms. The summed E-state index contributed by atoms with van der Waals surface area (Å²) in [5.74, 6) is 0. The van der Waals surface area contributed by atoms with Crippen LogP contribution in [0.2, 0.25) is 0 Å². The molecule has 2 aromatic heterocycles. The zero-order valence-electron chi connectivity index (χ0n) is 11.6. The van der Waals surface area contributed by atoms with Gasteiger partial charge in [0.15, 0.2) is 0 Å². The summed E-state index contributed by atoms with van der Waals surface area (Å²) < 4.78 is 1.82. The Morgan fingerprint density at radius 1 is 1.25 bits per heavy atom. The Hall–Kier alpha value is -2.27. The third-order valence-corrected chi connectivity index (χ3v) is 3.45. The molecule has 0 aliphatic rings. The fourth-order valence-electron chi connectivity index (χ4n) is 2.48. The van der Waals surface area contributed by atoms with Crippen molar-refractivity contribution in [1.82, 2.24) is 25.1 Å². The lowest BCUT2D eigenvalue weighted by Gasteiger charge is -2.17. The highest BCUT2D eigenvalue weighted by molar-refractivity contribution is 5.78. The molecule has 5 heteroatoms. The Morgan fingerprint density at radius 3 is 2.85 bits per heavy atom. The third kappa shape index (κ3) is 2.40. The van der Waals surface area contributed by atoms with Crippen molar-refractivity contribution < 1.29 is 0 Å². The number of fused-ring (bicyclic) bond motifs is 1. The van der Waals surface area contributed by atoms with Crippen LogP contribution in [0.25, 0.3) is 11.0 Å². The topological polar surface area (TPSA) is 55.6 Å². The second kappa shape index (κ2) is 5.38. The zero-order valence-corrected chi connectivity index (χ0v) is 11.6. The smallest absolute Gasteiger partial charge is 0.0934 e. The first-order valence-corrected chi connectivity index (χ1v) is 6.62. The van der Waals surface area contributed by atoms with E-state index in [1.165, 1.54) is 11.1 Å². The number of likely N-dealkylation sites (N-methyl/N-ethyl adjacent to an activating group) is 1. The van der Waals surface area contributed by atoms with Crippen molar-refractivity contribution in [3.63, 3.8) is 0 Å². The molecule has 0 bridgehead atoms. The van der Waals surface area contributed by atoms with Gasteiger partial charge in [-0.3, -0.25) is 14.6 Å². The monoisotopic (exact) mass is 267 g/mol. The van der Waals surface area contributed by atoms with Crippen molar-refractivity contribution in [1.29, 1.82) is 0 Å². The molecule has 0 radical (unpaired) electrons. The summed E-state index contributed by atoms with van der Waals surface area (Å²) in [6.07, 6.45) is 8.28. The van der Waals surface area contributed by atoms with E-state index in [1.807, 2.05) is 43.3 Å². The standard InChI is InChI=1S/C15H17N5/c1-16-14(8-11-9-19-20(2)10-11)12-4-3-5-13-15(12)18-7-6-17-13/h3-7,9-10,14,16H,8H2,1-2H3. The van der Waals surface area contributed by atoms with Crippen LogP contribution in [0.15, 0.2) is 43.0 Å². The van der Waals surface area contributed by atoms with Crippen LogP contribution in [-0.4, -0.2) is 26.8 Å².